The quantitative estimate of drug-likeness (QED) is 0.229. The molecule has 7 aliphatic rings. The molecule has 8 nitrogen and oxygen atoms in total. The van der Waals surface area contributed by atoms with E-state index in [1.165, 1.54) is 6.92 Å². The lowest BCUT2D eigenvalue weighted by atomic mass is 9.54. The number of ketones is 1. The number of esters is 3. The second-order valence-corrected chi connectivity index (χ2v) is 13.8. The molecule has 212 valence electrons. The average molecular weight is 549 g/mol. The van der Waals surface area contributed by atoms with Crippen LogP contribution in [-0.2, 0) is 33.4 Å². The third-order valence-electron chi connectivity index (χ3n) is 12.1. The minimum atomic E-state index is -1.20. The van der Waals surface area contributed by atoms with Crippen molar-refractivity contribution in [1.29, 1.82) is 0 Å². The Kier molecular flexibility index (Phi) is 4.95. The average Bonchev–Trinajstić information content (AvgIpc) is 3.53. The van der Waals surface area contributed by atoms with Crippen molar-refractivity contribution < 1.29 is 38.5 Å². The zero-order chi connectivity index (χ0) is 28.7. The maximum Gasteiger partial charge on any atom is 0.334 e. The van der Waals surface area contributed by atoms with Gasteiger partial charge in [0, 0.05) is 53.1 Å². The summed E-state index contributed by atoms with van der Waals surface area (Å²) in [7, 11) is 0. The number of aliphatic hydroxyl groups is 1. The smallest absolute Gasteiger partial charge is 0.334 e. The maximum atomic E-state index is 14.5. The molecular formula is C32H36O8. The van der Waals surface area contributed by atoms with Crippen LogP contribution in [0.1, 0.15) is 60.3 Å². The van der Waals surface area contributed by atoms with Crippen LogP contribution in [0.5, 0.6) is 0 Å². The molecule has 1 N–H and O–H groups in total. The first-order valence-corrected chi connectivity index (χ1v) is 14.3. The largest absolute Gasteiger partial charge is 0.462 e. The minimum Gasteiger partial charge on any atom is -0.462 e. The van der Waals surface area contributed by atoms with Gasteiger partial charge in [-0.15, -0.1) is 0 Å². The van der Waals surface area contributed by atoms with Crippen LogP contribution in [0.25, 0.3) is 0 Å². The molecular weight excluding hydrogens is 512 g/mol. The van der Waals surface area contributed by atoms with Crippen molar-refractivity contribution in [1.82, 2.24) is 0 Å². The van der Waals surface area contributed by atoms with E-state index in [0.717, 1.165) is 11.1 Å². The summed E-state index contributed by atoms with van der Waals surface area (Å²) in [6.07, 6.45) is 5.27. The highest BCUT2D eigenvalue weighted by molar-refractivity contribution is 6.09. The fraction of sp³-hybridized carbons (Fsp3) is 0.625. The van der Waals surface area contributed by atoms with Crippen molar-refractivity contribution in [3.8, 4) is 0 Å². The number of hydrogen-bond donors (Lipinski definition) is 1. The first kappa shape index (κ1) is 25.9. The first-order chi connectivity index (χ1) is 18.7. The summed E-state index contributed by atoms with van der Waals surface area (Å²) in [5.74, 6) is -3.06. The van der Waals surface area contributed by atoms with Crippen molar-refractivity contribution in [3.05, 3.63) is 47.1 Å². The van der Waals surface area contributed by atoms with Gasteiger partial charge < -0.3 is 19.3 Å². The number of carbonyl (C=O) groups excluding carboxylic acids is 4. The van der Waals surface area contributed by atoms with E-state index in [9.17, 15) is 24.3 Å². The monoisotopic (exact) mass is 548 g/mol. The van der Waals surface area contributed by atoms with Crippen molar-refractivity contribution >= 4 is 23.7 Å². The van der Waals surface area contributed by atoms with Gasteiger partial charge >= 0.3 is 17.9 Å². The summed E-state index contributed by atoms with van der Waals surface area (Å²) in [5, 5.41) is 12.2. The van der Waals surface area contributed by atoms with E-state index in [-0.39, 0.29) is 18.1 Å². The molecule has 0 unspecified atom stereocenters. The van der Waals surface area contributed by atoms with Gasteiger partial charge in [-0.2, -0.15) is 0 Å². The molecule has 0 aromatic heterocycles. The predicted octanol–water partition coefficient (Wildman–Crippen LogP) is 3.54. The van der Waals surface area contributed by atoms with Gasteiger partial charge in [-0.3, -0.25) is 14.4 Å². The minimum absolute atomic E-state index is 0.0934. The van der Waals surface area contributed by atoms with E-state index >= 15 is 0 Å². The molecule has 1 spiro atoms. The second kappa shape index (κ2) is 7.64. The molecule has 2 saturated carbocycles. The Bertz CT molecular complexity index is 1410. The molecule has 7 rings (SSSR count). The molecule has 8 heteroatoms. The van der Waals surface area contributed by atoms with Crippen LogP contribution < -0.4 is 0 Å². The lowest BCUT2D eigenvalue weighted by Crippen LogP contribution is -2.53. The van der Waals surface area contributed by atoms with Gasteiger partial charge in [0.15, 0.2) is 5.78 Å². The van der Waals surface area contributed by atoms with Crippen molar-refractivity contribution in [2.45, 2.75) is 84.2 Å². The standard InChI is InChI=1S/C32H36O8/c1-14-11-19(34)21-15(2)12-20(38-17(4)33)23-25(22(14)21)40-28(36)32(23)13-31-10-9-29(32,5)26(31)24-18(7-8-30(31,6)37)16(3)27(35)39-24/h9-11,18,20,22-26,37H,3,7-8,12-13H2,1-2,4-6H3/t18-,20-,22-,23+,24-,25+,26-,29-,30+,31-,32-/m0/s1. The van der Waals surface area contributed by atoms with Crippen LogP contribution in [0.2, 0.25) is 0 Å². The molecule has 2 heterocycles. The van der Waals surface area contributed by atoms with Gasteiger partial charge in [-0.1, -0.05) is 36.8 Å². The number of carbonyl (C=O) groups is 4. The van der Waals surface area contributed by atoms with E-state index in [2.05, 4.69) is 6.58 Å². The van der Waals surface area contributed by atoms with E-state index in [0.29, 0.717) is 30.4 Å². The Morgan fingerprint density at radius 2 is 1.85 bits per heavy atom. The summed E-state index contributed by atoms with van der Waals surface area (Å²) in [6, 6.07) is 0. The lowest BCUT2D eigenvalue weighted by molar-refractivity contribution is -0.160. The second-order valence-electron chi connectivity index (χ2n) is 13.8. The molecule has 4 fully saturated rings. The van der Waals surface area contributed by atoms with Gasteiger partial charge in [-0.25, -0.2) is 4.79 Å². The molecule has 0 amide bonds. The zero-order valence-electron chi connectivity index (χ0n) is 23.6. The Morgan fingerprint density at radius 1 is 1.12 bits per heavy atom. The molecule has 0 radical (unpaired) electrons. The third-order valence-corrected chi connectivity index (χ3v) is 12.1. The van der Waals surface area contributed by atoms with Crippen molar-refractivity contribution in [2.24, 2.45) is 39.9 Å². The summed E-state index contributed by atoms with van der Waals surface area (Å²) in [4.78, 5) is 52.9. The Balaban J connectivity index is 1.45. The van der Waals surface area contributed by atoms with Gasteiger partial charge in [-0.05, 0) is 46.1 Å². The molecule has 2 bridgehead atoms. The first-order valence-electron chi connectivity index (χ1n) is 14.3. The van der Waals surface area contributed by atoms with Crippen LogP contribution in [0.4, 0.5) is 0 Å². The normalized spacial score (nSPS) is 50.1. The number of fused-ring (bicyclic) bond motifs is 6. The van der Waals surface area contributed by atoms with Gasteiger partial charge in [0.1, 0.15) is 18.3 Å². The molecule has 0 aromatic carbocycles. The van der Waals surface area contributed by atoms with E-state index in [1.807, 2.05) is 39.8 Å². The molecule has 0 aromatic rings. The summed E-state index contributed by atoms with van der Waals surface area (Å²) in [5.41, 5.74) is -1.46. The number of rotatable bonds is 1. The van der Waals surface area contributed by atoms with Crippen LogP contribution in [0.15, 0.2) is 47.1 Å². The number of allylic oxidation sites excluding steroid dienone is 2. The van der Waals surface area contributed by atoms with Crippen LogP contribution >= 0.6 is 0 Å². The molecule has 11 atom stereocenters. The fourth-order valence-corrected chi connectivity index (χ4v) is 10.4. The van der Waals surface area contributed by atoms with Crippen LogP contribution in [-0.4, -0.2) is 52.7 Å². The Morgan fingerprint density at radius 3 is 2.55 bits per heavy atom. The highest BCUT2D eigenvalue weighted by Crippen LogP contribution is 2.80. The van der Waals surface area contributed by atoms with Gasteiger partial charge in [0.05, 0.1) is 16.9 Å². The number of ether oxygens (including phenoxy) is 3. The molecule has 40 heavy (non-hydrogen) atoms. The van der Waals surface area contributed by atoms with Crippen LogP contribution in [0.3, 0.4) is 0 Å². The summed E-state index contributed by atoms with van der Waals surface area (Å²) >= 11 is 0. The van der Waals surface area contributed by atoms with Crippen LogP contribution in [0, 0.1) is 39.9 Å². The Hall–Kier alpha value is -3.00. The Labute approximate surface area is 233 Å². The maximum absolute atomic E-state index is 14.5. The van der Waals surface area contributed by atoms with Crippen molar-refractivity contribution in [3.63, 3.8) is 0 Å². The topological polar surface area (TPSA) is 116 Å². The fourth-order valence-electron chi connectivity index (χ4n) is 10.4. The van der Waals surface area contributed by atoms with E-state index < -0.39 is 75.8 Å². The van der Waals surface area contributed by atoms with E-state index in [4.69, 9.17) is 14.2 Å². The highest BCUT2D eigenvalue weighted by atomic mass is 16.6. The SMILES string of the molecule is C=C1C(=O)O[C@H]2[C@H]1CC[C@@](C)(O)[C@]13C=C[C@@](C)([C@H]21)[C@]1(C3)C(=O)O[C@@H]2[C@H]3C(C)=CC(=O)C3=C(C)C[C@H](OC(C)=O)[C@H]21. The zero-order valence-corrected chi connectivity index (χ0v) is 23.6. The van der Waals surface area contributed by atoms with Gasteiger partial charge in [0.25, 0.3) is 0 Å². The van der Waals surface area contributed by atoms with Crippen molar-refractivity contribution in [2.75, 3.05) is 0 Å². The molecule has 2 aliphatic heterocycles. The summed E-state index contributed by atoms with van der Waals surface area (Å²) < 4.78 is 18.4. The number of hydrogen-bond acceptors (Lipinski definition) is 8. The predicted molar refractivity (Wildman–Crippen MR) is 141 cm³/mol. The molecule has 2 saturated heterocycles. The third kappa shape index (κ3) is 2.72. The highest BCUT2D eigenvalue weighted by Gasteiger charge is 2.84. The van der Waals surface area contributed by atoms with E-state index in [1.54, 1.807) is 6.08 Å². The lowest BCUT2D eigenvalue weighted by Gasteiger charge is -2.46. The summed E-state index contributed by atoms with van der Waals surface area (Å²) in [6.45, 7) is 13.0. The van der Waals surface area contributed by atoms with Gasteiger partial charge in [0.2, 0.25) is 0 Å². The molecule has 5 aliphatic carbocycles.